The van der Waals surface area contributed by atoms with E-state index in [1.54, 1.807) is 6.92 Å². The molecule has 0 saturated heterocycles. The Morgan fingerprint density at radius 2 is 2.28 bits per heavy atom. The molecule has 18 heavy (non-hydrogen) atoms. The lowest BCUT2D eigenvalue weighted by Gasteiger charge is -2.01. The Balaban J connectivity index is 3.01. The van der Waals surface area contributed by atoms with Crippen LogP contribution in [0.4, 0.5) is 0 Å². The minimum Gasteiger partial charge on any atom is -0.361 e. The van der Waals surface area contributed by atoms with Crippen molar-refractivity contribution < 1.29 is 9.32 Å². The van der Waals surface area contributed by atoms with Crippen molar-refractivity contribution in [3.63, 3.8) is 0 Å². The van der Waals surface area contributed by atoms with Gasteiger partial charge in [-0.3, -0.25) is 4.79 Å². The lowest BCUT2D eigenvalue weighted by Crippen LogP contribution is -2.25. The molecule has 0 spiro atoms. The average molecular weight is 247 g/mol. The number of nitrogens with zero attached hydrogens (tertiary/aromatic N) is 2. The van der Waals surface area contributed by atoms with Gasteiger partial charge in [0.2, 0.25) is 0 Å². The summed E-state index contributed by atoms with van der Waals surface area (Å²) in [5.74, 6) is 0.325. The fraction of sp³-hybridized carbons (Fsp3) is 0.462. The van der Waals surface area contributed by atoms with Gasteiger partial charge in [-0.2, -0.15) is 5.26 Å². The lowest BCUT2D eigenvalue weighted by molar-refractivity contribution is -0.117. The summed E-state index contributed by atoms with van der Waals surface area (Å²) >= 11 is 0. The molecule has 1 heterocycles. The van der Waals surface area contributed by atoms with Gasteiger partial charge in [-0.05, 0) is 19.4 Å². The van der Waals surface area contributed by atoms with E-state index in [1.807, 2.05) is 19.9 Å². The third kappa shape index (κ3) is 3.20. The number of hydrogen-bond donors (Lipinski definition) is 1. The Morgan fingerprint density at radius 3 is 2.83 bits per heavy atom. The fourth-order valence-electron chi connectivity index (χ4n) is 1.49. The summed E-state index contributed by atoms with van der Waals surface area (Å²) < 4.78 is 5.12. The average Bonchev–Trinajstić information content (AvgIpc) is 2.73. The van der Waals surface area contributed by atoms with Gasteiger partial charge in [0.1, 0.15) is 17.4 Å². The Hall–Kier alpha value is -2.09. The van der Waals surface area contributed by atoms with Crippen LogP contribution in [0.15, 0.2) is 10.1 Å². The predicted molar refractivity (Wildman–Crippen MR) is 67.5 cm³/mol. The van der Waals surface area contributed by atoms with Crippen LogP contribution in [0.1, 0.15) is 37.3 Å². The van der Waals surface area contributed by atoms with Gasteiger partial charge in [0.05, 0.1) is 5.69 Å². The molecule has 0 saturated carbocycles. The summed E-state index contributed by atoms with van der Waals surface area (Å²) in [6.45, 7) is 6.23. The Bertz CT molecular complexity index is 495. The van der Waals surface area contributed by atoms with Crippen LogP contribution in [0.3, 0.4) is 0 Å². The zero-order valence-corrected chi connectivity index (χ0v) is 10.9. The normalized spacial score (nSPS) is 11.1. The van der Waals surface area contributed by atoms with Gasteiger partial charge in [0.25, 0.3) is 5.91 Å². The molecule has 5 nitrogen and oxygen atoms in total. The molecule has 1 amide bonds. The number of aromatic nitrogens is 1. The first-order valence-electron chi connectivity index (χ1n) is 5.99. The van der Waals surface area contributed by atoms with Gasteiger partial charge < -0.3 is 9.84 Å². The van der Waals surface area contributed by atoms with E-state index in [1.165, 1.54) is 6.08 Å². The molecule has 0 atom stereocenters. The topological polar surface area (TPSA) is 78.9 Å². The molecule has 0 aliphatic rings. The molecule has 0 aliphatic carbocycles. The lowest BCUT2D eigenvalue weighted by atomic mass is 10.1. The van der Waals surface area contributed by atoms with Gasteiger partial charge in [-0.15, -0.1) is 0 Å². The predicted octanol–water partition coefficient (Wildman–Crippen LogP) is 1.98. The molecule has 1 aromatic rings. The van der Waals surface area contributed by atoms with Gasteiger partial charge >= 0.3 is 0 Å². The first kappa shape index (κ1) is 14.0. The molecule has 0 bridgehead atoms. The maximum Gasteiger partial charge on any atom is 0.261 e. The van der Waals surface area contributed by atoms with Crippen molar-refractivity contribution in [2.24, 2.45) is 0 Å². The van der Waals surface area contributed by atoms with Crippen LogP contribution >= 0.6 is 0 Å². The van der Waals surface area contributed by atoms with Crippen LogP contribution in [-0.4, -0.2) is 17.6 Å². The molecular formula is C13H17N3O2. The van der Waals surface area contributed by atoms with Crippen LogP contribution in [0.5, 0.6) is 0 Å². The Labute approximate surface area is 106 Å². The summed E-state index contributed by atoms with van der Waals surface area (Å²) in [5, 5.41) is 15.5. The van der Waals surface area contributed by atoms with Crippen molar-refractivity contribution in [1.29, 1.82) is 5.26 Å². The van der Waals surface area contributed by atoms with Crippen LogP contribution < -0.4 is 5.32 Å². The second-order valence-corrected chi connectivity index (χ2v) is 3.88. The first-order valence-corrected chi connectivity index (χ1v) is 5.99. The standard InChI is InChI=1S/C13H17N3O2/c1-4-6-15-13(17)10(8-14)7-11-9(3)16-18-12(11)5-2/h7H,4-6H2,1-3H3,(H,15,17)/b10-7+. The molecule has 1 aromatic heterocycles. The maximum absolute atomic E-state index is 11.7. The summed E-state index contributed by atoms with van der Waals surface area (Å²) in [7, 11) is 0. The van der Waals surface area contributed by atoms with E-state index in [2.05, 4.69) is 10.5 Å². The number of carbonyl (C=O) groups is 1. The van der Waals surface area contributed by atoms with Crippen LogP contribution in [0.25, 0.3) is 6.08 Å². The summed E-state index contributed by atoms with van der Waals surface area (Å²) in [6, 6.07) is 1.91. The zero-order chi connectivity index (χ0) is 13.5. The van der Waals surface area contributed by atoms with E-state index in [0.29, 0.717) is 24.4 Å². The highest BCUT2D eigenvalue weighted by Gasteiger charge is 2.13. The Morgan fingerprint density at radius 1 is 1.56 bits per heavy atom. The quantitative estimate of drug-likeness (QED) is 0.637. The first-order chi connectivity index (χ1) is 8.63. The smallest absolute Gasteiger partial charge is 0.261 e. The van der Waals surface area contributed by atoms with Crippen molar-refractivity contribution in [2.75, 3.05) is 6.54 Å². The van der Waals surface area contributed by atoms with Crippen LogP contribution in [0.2, 0.25) is 0 Å². The molecule has 0 fully saturated rings. The third-order valence-electron chi connectivity index (χ3n) is 2.49. The van der Waals surface area contributed by atoms with E-state index in [-0.39, 0.29) is 11.5 Å². The van der Waals surface area contributed by atoms with Crippen molar-refractivity contribution in [3.8, 4) is 6.07 Å². The van der Waals surface area contributed by atoms with E-state index >= 15 is 0 Å². The van der Waals surface area contributed by atoms with Crippen LogP contribution in [-0.2, 0) is 11.2 Å². The molecule has 5 heteroatoms. The van der Waals surface area contributed by atoms with Crippen molar-refractivity contribution in [2.45, 2.75) is 33.6 Å². The maximum atomic E-state index is 11.7. The summed E-state index contributed by atoms with van der Waals surface area (Å²) in [6.07, 6.45) is 3.04. The van der Waals surface area contributed by atoms with Gasteiger partial charge in [-0.1, -0.05) is 19.0 Å². The number of nitrogens with one attached hydrogen (secondary N) is 1. The molecule has 1 N–H and O–H groups in total. The highest BCUT2D eigenvalue weighted by Crippen LogP contribution is 2.17. The number of aryl methyl sites for hydroxylation is 2. The SMILES string of the molecule is CCCNC(=O)/C(C#N)=C/c1c(C)noc1CC. The van der Waals surface area contributed by atoms with Crippen molar-refractivity contribution in [3.05, 3.63) is 22.6 Å². The molecule has 96 valence electrons. The van der Waals surface area contributed by atoms with Crippen molar-refractivity contribution in [1.82, 2.24) is 10.5 Å². The minimum absolute atomic E-state index is 0.0736. The summed E-state index contributed by atoms with van der Waals surface area (Å²) in [5.41, 5.74) is 1.48. The largest absolute Gasteiger partial charge is 0.361 e. The van der Waals surface area contributed by atoms with Gasteiger partial charge in [0.15, 0.2) is 0 Å². The molecule has 0 aromatic carbocycles. The highest BCUT2D eigenvalue weighted by atomic mass is 16.5. The number of carbonyl (C=O) groups excluding carboxylic acids is 1. The molecule has 0 aliphatic heterocycles. The second kappa shape index (κ2) is 6.60. The molecule has 0 radical (unpaired) electrons. The highest BCUT2D eigenvalue weighted by molar-refractivity contribution is 6.01. The molecular weight excluding hydrogens is 230 g/mol. The van der Waals surface area contributed by atoms with E-state index in [9.17, 15) is 4.79 Å². The molecule has 1 rings (SSSR count). The van der Waals surface area contributed by atoms with Crippen molar-refractivity contribution >= 4 is 12.0 Å². The van der Waals surface area contributed by atoms with E-state index in [0.717, 1.165) is 12.0 Å². The fourth-order valence-corrected chi connectivity index (χ4v) is 1.49. The second-order valence-electron chi connectivity index (χ2n) is 3.88. The molecule has 0 unspecified atom stereocenters. The van der Waals surface area contributed by atoms with E-state index in [4.69, 9.17) is 9.78 Å². The number of hydrogen-bond acceptors (Lipinski definition) is 4. The third-order valence-corrected chi connectivity index (χ3v) is 2.49. The number of amides is 1. The van der Waals surface area contributed by atoms with E-state index < -0.39 is 0 Å². The van der Waals surface area contributed by atoms with Gasteiger partial charge in [0, 0.05) is 18.5 Å². The summed E-state index contributed by atoms with van der Waals surface area (Å²) in [4.78, 5) is 11.7. The monoisotopic (exact) mass is 247 g/mol. The number of nitriles is 1. The van der Waals surface area contributed by atoms with Crippen LogP contribution in [0, 0.1) is 18.3 Å². The zero-order valence-electron chi connectivity index (χ0n) is 10.9. The Kier molecular flexibility index (Phi) is 5.12. The van der Waals surface area contributed by atoms with Gasteiger partial charge in [-0.25, -0.2) is 0 Å². The minimum atomic E-state index is -0.359. The number of rotatable bonds is 5.